The van der Waals surface area contributed by atoms with Gasteiger partial charge in [0.2, 0.25) is 5.95 Å². The Bertz CT molecular complexity index is 1080. The number of aliphatic imine (C=N–C) groups is 1. The zero-order chi connectivity index (χ0) is 24.5. The number of halogens is 1. The van der Waals surface area contributed by atoms with E-state index < -0.39 is 17.9 Å². The van der Waals surface area contributed by atoms with Gasteiger partial charge in [0.15, 0.2) is 12.6 Å². The minimum absolute atomic E-state index is 0.147. The molecule has 1 aliphatic rings. The van der Waals surface area contributed by atoms with Gasteiger partial charge < -0.3 is 30.7 Å². The molecule has 1 saturated heterocycles. The first-order chi connectivity index (χ1) is 16.4. The lowest BCUT2D eigenvalue weighted by Gasteiger charge is -2.31. The molecular formula is C21H24FN7O5. The molecule has 0 saturated carbocycles. The fourth-order valence-electron chi connectivity index (χ4n) is 2.84. The number of ether oxygens (including phenoxy) is 2. The highest BCUT2D eigenvalue weighted by Crippen LogP contribution is 2.26. The highest BCUT2D eigenvalue weighted by atomic mass is 19.1. The molecule has 0 spiro atoms. The summed E-state index contributed by atoms with van der Waals surface area (Å²) in [6, 6.07) is 4.67. The number of carbonyl (C=O) groups is 2. The largest absolute Gasteiger partial charge is 0.462 e. The Morgan fingerprint density at radius 3 is 2.56 bits per heavy atom. The maximum Gasteiger partial charge on any atom is 0.437 e. The van der Waals surface area contributed by atoms with Crippen LogP contribution < -0.4 is 16.4 Å². The molecule has 0 unspecified atom stereocenters. The van der Waals surface area contributed by atoms with E-state index in [0.717, 1.165) is 5.71 Å². The van der Waals surface area contributed by atoms with Crippen LogP contribution in [0.15, 0.2) is 40.7 Å². The molecule has 0 atom stereocenters. The predicted molar refractivity (Wildman–Crippen MR) is 120 cm³/mol. The van der Waals surface area contributed by atoms with Crippen molar-refractivity contribution in [3.05, 3.63) is 42.0 Å². The second-order valence-electron chi connectivity index (χ2n) is 7.06. The van der Waals surface area contributed by atoms with Crippen LogP contribution in [0.3, 0.4) is 0 Å². The fraction of sp³-hybridized carbons (Fsp3) is 0.333. The van der Waals surface area contributed by atoms with Crippen molar-refractivity contribution in [1.29, 1.82) is 0 Å². The van der Waals surface area contributed by atoms with Gasteiger partial charge in [0, 0.05) is 35.5 Å². The van der Waals surface area contributed by atoms with Gasteiger partial charge in [-0.3, -0.25) is 4.79 Å². The average Bonchev–Trinajstić information content (AvgIpc) is 2.79. The molecule has 12 nitrogen and oxygen atoms in total. The molecule has 13 heteroatoms. The van der Waals surface area contributed by atoms with E-state index in [2.05, 4.69) is 20.1 Å². The average molecular weight is 473 g/mol. The monoisotopic (exact) mass is 473 g/mol. The zero-order valence-corrected chi connectivity index (χ0v) is 18.4. The SMILES string of the molecule is CCC(=O)OCCON=C1CN(c2ncc(-c3cccc(COC(=O)N=C(N)N)c3F)cn2)C1. The van der Waals surface area contributed by atoms with Gasteiger partial charge >= 0.3 is 12.1 Å². The number of nitrogens with two attached hydrogens (primary N) is 2. The minimum atomic E-state index is -1.01. The lowest BCUT2D eigenvalue weighted by atomic mass is 10.1. The highest BCUT2D eigenvalue weighted by Gasteiger charge is 2.25. The number of hydrogen-bond acceptors (Lipinski definition) is 9. The molecule has 1 aliphatic heterocycles. The second kappa shape index (κ2) is 11.5. The molecule has 1 amide bonds. The Morgan fingerprint density at radius 2 is 1.88 bits per heavy atom. The molecule has 1 aromatic heterocycles. The molecule has 1 fully saturated rings. The van der Waals surface area contributed by atoms with E-state index in [4.69, 9.17) is 25.8 Å². The highest BCUT2D eigenvalue weighted by molar-refractivity contribution is 5.98. The van der Waals surface area contributed by atoms with Crippen molar-refractivity contribution in [2.75, 3.05) is 31.2 Å². The molecule has 0 aliphatic carbocycles. The third kappa shape index (κ3) is 6.60. The summed E-state index contributed by atoms with van der Waals surface area (Å²) in [6.07, 6.45) is 2.31. The maximum atomic E-state index is 14.9. The van der Waals surface area contributed by atoms with Gasteiger partial charge in [0.1, 0.15) is 19.0 Å². The van der Waals surface area contributed by atoms with E-state index in [1.165, 1.54) is 18.5 Å². The van der Waals surface area contributed by atoms with Crippen molar-refractivity contribution in [3.8, 4) is 11.1 Å². The van der Waals surface area contributed by atoms with Crippen molar-refractivity contribution in [2.45, 2.75) is 20.0 Å². The van der Waals surface area contributed by atoms with E-state index >= 15 is 0 Å². The van der Waals surface area contributed by atoms with Crippen molar-refractivity contribution in [3.63, 3.8) is 0 Å². The fourth-order valence-corrected chi connectivity index (χ4v) is 2.84. The quantitative estimate of drug-likeness (QED) is 0.178. The molecular weight excluding hydrogens is 449 g/mol. The van der Waals surface area contributed by atoms with Gasteiger partial charge in [0.25, 0.3) is 0 Å². The van der Waals surface area contributed by atoms with Crippen molar-refractivity contribution >= 4 is 29.7 Å². The van der Waals surface area contributed by atoms with Crippen LogP contribution in [0.2, 0.25) is 0 Å². The first kappa shape index (κ1) is 24.4. The van der Waals surface area contributed by atoms with E-state index in [0.29, 0.717) is 31.0 Å². The Kier molecular flexibility index (Phi) is 8.26. The summed E-state index contributed by atoms with van der Waals surface area (Å²) >= 11 is 0. The van der Waals surface area contributed by atoms with Crippen LogP contribution in [0.25, 0.3) is 11.1 Å². The summed E-state index contributed by atoms with van der Waals surface area (Å²) in [5.74, 6) is -0.845. The van der Waals surface area contributed by atoms with Crippen LogP contribution in [0.5, 0.6) is 0 Å². The predicted octanol–water partition coefficient (Wildman–Crippen LogP) is 1.34. The molecule has 0 bridgehead atoms. The van der Waals surface area contributed by atoms with Crippen LogP contribution in [0, 0.1) is 5.82 Å². The molecule has 34 heavy (non-hydrogen) atoms. The number of benzene rings is 1. The molecule has 3 rings (SSSR count). The number of rotatable bonds is 9. The summed E-state index contributed by atoms with van der Waals surface area (Å²) in [6.45, 7) is 2.67. The molecule has 180 valence electrons. The number of aromatic nitrogens is 2. The normalized spacial score (nSPS) is 12.4. The standard InChI is InChI=1S/C21H24FN7O5/c1-2-17(30)32-6-7-34-28-15-10-29(11-15)20-25-8-14(9-26-20)16-5-3-4-13(18(16)22)12-33-21(31)27-19(23)24/h3-5,8-9H,2,6-7,10-12H2,1H3,(H4,23,24,27,31). The van der Waals surface area contributed by atoms with Crippen LogP contribution >= 0.6 is 0 Å². The van der Waals surface area contributed by atoms with Gasteiger partial charge in [-0.05, 0) is 0 Å². The van der Waals surface area contributed by atoms with Gasteiger partial charge in [-0.15, -0.1) is 4.99 Å². The third-order valence-corrected chi connectivity index (χ3v) is 4.55. The Balaban J connectivity index is 1.53. The van der Waals surface area contributed by atoms with Gasteiger partial charge in [-0.25, -0.2) is 19.2 Å². The number of esters is 1. The molecule has 4 N–H and O–H groups in total. The number of oxime groups is 1. The van der Waals surface area contributed by atoms with Gasteiger partial charge in [-0.2, -0.15) is 0 Å². The van der Waals surface area contributed by atoms with Crippen molar-refractivity contribution in [2.24, 2.45) is 21.6 Å². The first-order valence-electron chi connectivity index (χ1n) is 10.3. The summed E-state index contributed by atoms with van der Waals surface area (Å²) in [7, 11) is 0. The number of amides is 1. The second-order valence-corrected chi connectivity index (χ2v) is 7.06. The zero-order valence-electron chi connectivity index (χ0n) is 18.4. The summed E-state index contributed by atoms with van der Waals surface area (Å²) in [5, 5.41) is 3.98. The smallest absolute Gasteiger partial charge is 0.437 e. The van der Waals surface area contributed by atoms with E-state index in [1.54, 1.807) is 19.1 Å². The molecule has 2 heterocycles. The Morgan fingerprint density at radius 1 is 1.15 bits per heavy atom. The molecule has 2 aromatic rings. The van der Waals surface area contributed by atoms with Crippen LogP contribution in [-0.2, 0) is 25.7 Å². The Labute approximate surface area is 194 Å². The molecule has 1 aromatic carbocycles. The van der Waals surface area contributed by atoms with Crippen LogP contribution in [-0.4, -0.2) is 60.0 Å². The molecule has 0 radical (unpaired) electrons. The lowest BCUT2D eigenvalue weighted by Crippen LogP contribution is -2.48. The van der Waals surface area contributed by atoms with Crippen LogP contribution in [0.1, 0.15) is 18.9 Å². The topological polar surface area (TPSA) is 168 Å². The van der Waals surface area contributed by atoms with Crippen molar-refractivity contribution < 1.29 is 28.3 Å². The summed E-state index contributed by atoms with van der Waals surface area (Å²) in [5.41, 5.74) is 11.9. The van der Waals surface area contributed by atoms with Crippen molar-refractivity contribution in [1.82, 2.24) is 9.97 Å². The number of nitrogens with zero attached hydrogens (tertiary/aromatic N) is 5. The Hall–Kier alpha value is -4.29. The lowest BCUT2D eigenvalue weighted by molar-refractivity contribution is -0.144. The van der Waals surface area contributed by atoms with Crippen LogP contribution in [0.4, 0.5) is 15.1 Å². The van der Waals surface area contributed by atoms with Gasteiger partial charge in [0.05, 0.1) is 18.8 Å². The van der Waals surface area contributed by atoms with E-state index in [1.807, 2.05) is 4.90 Å². The first-order valence-corrected chi connectivity index (χ1v) is 10.3. The number of hydrogen-bond donors (Lipinski definition) is 2. The third-order valence-electron chi connectivity index (χ3n) is 4.55. The van der Waals surface area contributed by atoms with E-state index in [9.17, 15) is 14.0 Å². The summed E-state index contributed by atoms with van der Waals surface area (Å²) < 4.78 is 24.6. The number of guanidine groups is 1. The summed E-state index contributed by atoms with van der Waals surface area (Å²) in [4.78, 5) is 41.2. The maximum absolute atomic E-state index is 14.9. The van der Waals surface area contributed by atoms with E-state index in [-0.39, 0.29) is 36.9 Å². The number of carbonyl (C=O) groups excluding carboxylic acids is 2. The number of anilines is 1. The van der Waals surface area contributed by atoms with Gasteiger partial charge in [-0.1, -0.05) is 30.3 Å². The minimum Gasteiger partial charge on any atom is -0.462 e.